The van der Waals surface area contributed by atoms with Crippen LogP contribution in [0.5, 0.6) is 0 Å². The van der Waals surface area contributed by atoms with E-state index in [0.717, 1.165) is 6.92 Å². The number of carbonyl (C=O) groups is 3. The smallest absolute Gasteiger partial charge is 0.185 e. The Morgan fingerprint density at radius 3 is 1.44 bits per heavy atom. The summed E-state index contributed by atoms with van der Waals surface area (Å²) >= 11 is 0. The van der Waals surface area contributed by atoms with Gasteiger partial charge in [-0.2, -0.15) is 0 Å². The monoisotopic (exact) mass is 430 g/mol. The fourth-order valence-electron chi connectivity index (χ4n) is 1.15. The molecule has 18 heavy (non-hydrogen) atoms. The van der Waals surface area contributed by atoms with Crippen LogP contribution in [0.15, 0.2) is 24.3 Å². The molecule has 0 unspecified atom stereocenters. The number of carbonyl (C=O) groups excluding carboxylic acids is 3. The van der Waals surface area contributed by atoms with E-state index in [9.17, 15) is 19.5 Å². The van der Waals surface area contributed by atoms with Crippen molar-refractivity contribution in [2.24, 2.45) is 0 Å². The van der Waals surface area contributed by atoms with Gasteiger partial charge in [0.25, 0.3) is 0 Å². The minimum Gasteiger partial charge on any atom is -0.542 e. The summed E-state index contributed by atoms with van der Waals surface area (Å²) in [5.41, 5.74) is 0. The van der Waals surface area contributed by atoms with Crippen molar-refractivity contribution in [3.8, 4) is 0 Å². The van der Waals surface area contributed by atoms with E-state index >= 15 is 0 Å². The van der Waals surface area contributed by atoms with Crippen molar-refractivity contribution in [3.05, 3.63) is 24.3 Å². The summed E-state index contributed by atoms with van der Waals surface area (Å²) in [6.07, 6.45) is 13.4. The maximum absolute atomic E-state index is 10.1. The number of hydrogen-bond acceptors (Lipinski definition) is 4. The predicted octanol–water partition coefficient (Wildman–Crippen LogP) is 0.955. The first kappa shape index (κ1) is 19.3. The van der Waals surface area contributed by atoms with E-state index in [1.807, 2.05) is 0 Å². The molecule has 4 nitrogen and oxygen atoms in total. The maximum atomic E-state index is 10.1. The molecular formula is C13H17IrO4-. The van der Waals surface area contributed by atoms with Gasteiger partial charge in [0.05, 0.1) is 6.42 Å². The van der Waals surface area contributed by atoms with E-state index in [2.05, 4.69) is 24.3 Å². The molecule has 5 heteroatoms. The first-order valence-electron chi connectivity index (χ1n) is 5.57. The molecule has 0 aromatic carbocycles. The zero-order valence-electron chi connectivity index (χ0n) is 10.3. The number of carboxylic acids is 1. The summed E-state index contributed by atoms with van der Waals surface area (Å²) in [4.78, 5) is 29.7. The second kappa shape index (κ2) is 12.4. The Kier molecular flexibility index (Phi) is 13.3. The van der Waals surface area contributed by atoms with E-state index < -0.39 is 24.0 Å². The van der Waals surface area contributed by atoms with Crippen LogP contribution in [0.25, 0.3) is 0 Å². The Hall–Kier alpha value is -1.06. The van der Waals surface area contributed by atoms with Gasteiger partial charge in [-0.15, -0.1) is 0 Å². The number of aliphatic carboxylic acids is 1. The van der Waals surface area contributed by atoms with E-state index in [-0.39, 0.29) is 20.1 Å². The van der Waals surface area contributed by atoms with Crippen LogP contribution in [0.1, 0.15) is 39.0 Å². The van der Waals surface area contributed by atoms with Crippen LogP contribution in [0.3, 0.4) is 0 Å². The average molecular weight is 429 g/mol. The average Bonchev–Trinajstić information content (AvgIpc) is 2.15. The molecule has 1 aliphatic carbocycles. The molecule has 1 rings (SSSR count). The van der Waals surface area contributed by atoms with Crippen LogP contribution >= 0.6 is 0 Å². The predicted molar refractivity (Wildman–Crippen MR) is 62.1 cm³/mol. The third-order valence-corrected chi connectivity index (χ3v) is 1.97. The Labute approximate surface area is 120 Å². The molecule has 0 atom stereocenters. The Morgan fingerprint density at radius 1 is 0.944 bits per heavy atom. The van der Waals surface area contributed by atoms with Crippen molar-refractivity contribution in [1.29, 1.82) is 0 Å². The number of allylic oxidation sites excluding steroid dienone is 4. The molecule has 0 spiro atoms. The van der Waals surface area contributed by atoms with E-state index in [1.165, 1.54) is 25.7 Å². The Morgan fingerprint density at radius 2 is 1.28 bits per heavy atom. The number of carboxylic acid groups (broad SMARTS) is 1. The third kappa shape index (κ3) is 13.0. The molecule has 0 fully saturated rings. The fraction of sp³-hybridized carbons (Fsp3) is 0.462. The van der Waals surface area contributed by atoms with Crippen molar-refractivity contribution in [2.45, 2.75) is 39.0 Å². The molecule has 0 saturated heterocycles. The van der Waals surface area contributed by atoms with Gasteiger partial charge in [0.2, 0.25) is 0 Å². The van der Waals surface area contributed by atoms with Crippen LogP contribution in [0.4, 0.5) is 0 Å². The van der Waals surface area contributed by atoms with Crippen LogP contribution in [0, 0.1) is 0 Å². The quantitative estimate of drug-likeness (QED) is 0.381. The van der Waals surface area contributed by atoms with Gasteiger partial charge in [0.1, 0.15) is 11.8 Å². The second-order valence-corrected chi connectivity index (χ2v) is 3.69. The first-order chi connectivity index (χ1) is 8.04. The second-order valence-electron chi connectivity index (χ2n) is 3.69. The van der Waals surface area contributed by atoms with Gasteiger partial charge in [0.15, 0.2) is 5.78 Å². The van der Waals surface area contributed by atoms with Gasteiger partial charge in [-0.3, -0.25) is 9.59 Å². The van der Waals surface area contributed by atoms with Gasteiger partial charge in [0, 0.05) is 20.1 Å². The van der Waals surface area contributed by atoms with Gasteiger partial charge < -0.3 is 9.90 Å². The molecule has 0 aliphatic heterocycles. The van der Waals surface area contributed by atoms with E-state index in [0.29, 0.717) is 0 Å². The standard InChI is InChI=1S/C8H12.C5H6O4.Ir/c1-2-4-6-8-7-5-3-1;1-3(6)2-4(7)5(8)9;/h1-2,7-8H,3-6H2;2H2,1H3,(H,8,9);/p-1/b2-1-,8-7?;;. The van der Waals surface area contributed by atoms with Crippen molar-refractivity contribution < 1.29 is 39.6 Å². The molecule has 0 saturated carbocycles. The topological polar surface area (TPSA) is 74.3 Å². The largest absolute Gasteiger partial charge is 0.542 e. The van der Waals surface area contributed by atoms with Crippen molar-refractivity contribution >= 4 is 17.5 Å². The van der Waals surface area contributed by atoms with E-state index in [4.69, 9.17) is 0 Å². The summed E-state index contributed by atoms with van der Waals surface area (Å²) < 4.78 is 0. The Balaban J connectivity index is 0. The fourth-order valence-corrected chi connectivity index (χ4v) is 1.15. The zero-order chi connectivity index (χ0) is 13.1. The van der Waals surface area contributed by atoms with Gasteiger partial charge in [-0.25, -0.2) is 0 Å². The number of rotatable bonds is 3. The Bertz CT molecular complexity index is 306. The SMILES string of the molecule is C1=CCC/C=C\CC1.CC(=O)CC(=O)C(=O)[O-].[Ir]. The van der Waals surface area contributed by atoms with Gasteiger partial charge in [-0.1, -0.05) is 24.3 Å². The summed E-state index contributed by atoms with van der Waals surface area (Å²) in [6, 6.07) is 0. The molecule has 0 amide bonds. The minimum atomic E-state index is -1.80. The summed E-state index contributed by atoms with van der Waals surface area (Å²) in [5.74, 6) is -3.43. The molecule has 1 aliphatic rings. The molecule has 0 heterocycles. The van der Waals surface area contributed by atoms with Gasteiger partial charge in [-0.05, 0) is 32.6 Å². The van der Waals surface area contributed by atoms with Crippen molar-refractivity contribution in [2.75, 3.05) is 0 Å². The number of ketones is 2. The normalized spacial score (nSPS) is 14.9. The van der Waals surface area contributed by atoms with Gasteiger partial charge >= 0.3 is 0 Å². The van der Waals surface area contributed by atoms with Crippen molar-refractivity contribution in [1.82, 2.24) is 0 Å². The van der Waals surface area contributed by atoms with E-state index in [1.54, 1.807) is 0 Å². The van der Waals surface area contributed by atoms with Crippen LogP contribution in [-0.4, -0.2) is 17.5 Å². The van der Waals surface area contributed by atoms with Crippen molar-refractivity contribution in [3.63, 3.8) is 0 Å². The number of Topliss-reactive ketones (excluding diaryl/α,β-unsaturated/α-hetero) is 2. The maximum Gasteiger partial charge on any atom is 0.185 e. The summed E-state index contributed by atoms with van der Waals surface area (Å²) in [7, 11) is 0. The molecule has 0 aromatic heterocycles. The summed E-state index contributed by atoms with van der Waals surface area (Å²) in [6.45, 7) is 1.14. The molecule has 0 aromatic rings. The summed E-state index contributed by atoms with van der Waals surface area (Å²) in [5, 5.41) is 9.62. The minimum absolute atomic E-state index is 0. The number of hydrogen-bond donors (Lipinski definition) is 0. The molecule has 0 N–H and O–H groups in total. The molecule has 1 radical (unpaired) electrons. The molecule has 103 valence electrons. The van der Waals surface area contributed by atoms with Crippen LogP contribution in [-0.2, 0) is 34.5 Å². The molecule has 0 bridgehead atoms. The van der Waals surface area contributed by atoms with Crippen LogP contribution in [0.2, 0.25) is 0 Å². The zero-order valence-corrected chi connectivity index (χ0v) is 12.7. The third-order valence-electron chi connectivity index (χ3n) is 1.97. The first-order valence-corrected chi connectivity index (χ1v) is 5.57. The molecular weight excluding hydrogens is 412 g/mol. The van der Waals surface area contributed by atoms with Crippen LogP contribution < -0.4 is 5.11 Å².